The molecule has 1 rings (SSSR count). The van der Waals surface area contributed by atoms with Crippen LogP contribution < -0.4 is 5.32 Å². The number of rotatable bonds is 8. The molecule has 0 saturated heterocycles. The highest BCUT2D eigenvalue weighted by Crippen LogP contribution is 2.04. The van der Waals surface area contributed by atoms with Crippen LogP contribution in [0.4, 0.5) is 0 Å². The Bertz CT molecular complexity index is 328. The van der Waals surface area contributed by atoms with E-state index < -0.39 is 0 Å². The smallest absolute Gasteiger partial charge is 0.0949 e. The number of unbranched alkanes of at least 4 members (excludes halogenated alkanes) is 1. The van der Waals surface area contributed by atoms with Crippen LogP contribution in [-0.4, -0.2) is 28.3 Å². The van der Waals surface area contributed by atoms with Gasteiger partial charge >= 0.3 is 0 Å². The SMILES string of the molecule is CCCCOCCn1cncc1CNC(C)(C)C. The van der Waals surface area contributed by atoms with Gasteiger partial charge < -0.3 is 14.6 Å². The molecule has 18 heavy (non-hydrogen) atoms. The van der Waals surface area contributed by atoms with Crippen LogP contribution in [0.1, 0.15) is 46.2 Å². The van der Waals surface area contributed by atoms with Crippen LogP contribution in [0.25, 0.3) is 0 Å². The lowest BCUT2D eigenvalue weighted by Crippen LogP contribution is -2.35. The Balaban J connectivity index is 2.31. The van der Waals surface area contributed by atoms with E-state index in [2.05, 4.69) is 42.6 Å². The highest BCUT2D eigenvalue weighted by molar-refractivity contribution is 4.98. The predicted octanol–water partition coefficient (Wildman–Crippen LogP) is 2.59. The van der Waals surface area contributed by atoms with Gasteiger partial charge in [-0.2, -0.15) is 0 Å². The van der Waals surface area contributed by atoms with Crippen molar-refractivity contribution in [1.82, 2.24) is 14.9 Å². The molecule has 0 spiro atoms. The lowest BCUT2D eigenvalue weighted by Gasteiger charge is -2.21. The number of nitrogens with one attached hydrogen (secondary N) is 1. The molecule has 0 saturated carbocycles. The maximum Gasteiger partial charge on any atom is 0.0949 e. The molecule has 104 valence electrons. The van der Waals surface area contributed by atoms with Gasteiger partial charge in [-0.3, -0.25) is 0 Å². The first-order valence-electron chi connectivity index (χ1n) is 6.84. The Labute approximate surface area is 111 Å². The van der Waals surface area contributed by atoms with E-state index >= 15 is 0 Å². The van der Waals surface area contributed by atoms with Crippen LogP contribution in [0, 0.1) is 0 Å². The van der Waals surface area contributed by atoms with Crippen LogP contribution in [0.15, 0.2) is 12.5 Å². The van der Waals surface area contributed by atoms with Crippen LogP contribution in [-0.2, 0) is 17.8 Å². The quantitative estimate of drug-likeness (QED) is 0.724. The number of hydrogen-bond donors (Lipinski definition) is 1. The Kier molecular flexibility index (Phi) is 6.36. The summed E-state index contributed by atoms with van der Waals surface area (Å²) in [5.74, 6) is 0. The summed E-state index contributed by atoms with van der Waals surface area (Å²) in [4.78, 5) is 4.21. The van der Waals surface area contributed by atoms with Gasteiger partial charge in [0.25, 0.3) is 0 Å². The number of nitrogens with zero attached hydrogens (tertiary/aromatic N) is 2. The molecule has 0 atom stereocenters. The van der Waals surface area contributed by atoms with E-state index in [1.807, 2.05) is 12.5 Å². The molecular formula is C14H27N3O. The van der Waals surface area contributed by atoms with Gasteiger partial charge in [-0.25, -0.2) is 4.98 Å². The highest BCUT2D eigenvalue weighted by atomic mass is 16.5. The van der Waals surface area contributed by atoms with Gasteiger partial charge in [0, 0.05) is 31.4 Å². The molecule has 0 aliphatic rings. The Morgan fingerprint density at radius 1 is 1.33 bits per heavy atom. The number of ether oxygens (including phenoxy) is 1. The van der Waals surface area contributed by atoms with Crippen molar-refractivity contribution in [2.75, 3.05) is 13.2 Å². The first-order valence-corrected chi connectivity index (χ1v) is 6.84. The summed E-state index contributed by atoms with van der Waals surface area (Å²) in [6, 6.07) is 0. The maximum absolute atomic E-state index is 5.58. The van der Waals surface area contributed by atoms with Crippen LogP contribution in [0.2, 0.25) is 0 Å². The monoisotopic (exact) mass is 253 g/mol. The highest BCUT2D eigenvalue weighted by Gasteiger charge is 2.10. The maximum atomic E-state index is 5.58. The molecule has 1 aromatic heterocycles. The number of imidazole rings is 1. The fourth-order valence-electron chi connectivity index (χ4n) is 1.56. The van der Waals surface area contributed by atoms with Crippen molar-refractivity contribution in [1.29, 1.82) is 0 Å². The van der Waals surface area contributed by atoms with E-state index in [0.29, 0.717) is 0 Å². The molecule has 0 radical (unpaired) electrons. The second-order valence-electron chi connectivity index (χ2n) is 5.65. The molecule has 0 unspecified atom stereocenters. The molecule has 0 aliphatic carbocycles. The van der Waals surface area contributed by atoms with Crippen molar-refractivity contribution in [2.24, 2.45) is 0 Å². The van der Waals surface area contributed by atoms with Gasteiger partial charge in [0.15, 0.2) is 0 Å². The minimum absolute atomic E-state index is 0.132. The van der Waals surface area contributed by atoms with Crippen molar-refractivity contribution in [3.05, 3.63) is 18.2 Å². The van der Waals surface area contributed by atoms with Gasteiger partial charge in [0.1, 0.15) is 0 Å². The van der Waals surface area contributed by atoms with E-state index in [0.717, 1.165) is 32.7 Å². The van der Waals surface area contributed by atoms with Crippen molar-refractivity contribution in [3.8, 4) is 0 Å². The van der Waals surface area contributed by atoms with Crippen molar-refractivity contribution >= 4 is 0 Å². The van der Waals surface area contributed by atoms with Crippen LogP contribution >= 0.6 is 0 Å². The van der Waals surface area contributed by atoms with Crippen molar-refractivity contribution < 1.29 is 4.74 Å². The average molecular weight is 253 g/mol. The first-order chi connectivity index (χ1) is 8.53. The largest absolute Gasteiger partial charge is 0.380 e. The molecule has 4 heteroatoms. The Hall–Kier alpha value is -0.870. The molecule has 0 amide bonds. The van der Waals surface area contributed by atoms with E-state index in [1.54, 1.807) is 0 Å². The van der Waals surface area contributed by atoms with Crippen molar-refractivity contribution in [2.45, 2.75) is 59.2 Å². The van der Waals surface area contributed by atoms with Gasteiger partial charge in [0.2, 0.25) is 0 Å². The van der Waals surface area contributed by atoms with E-state index in [9.17, 15) is 0 Å². The summed E-state index contributed by atoms with van der Waals surface area (Å²) < 4.78 is 7.74. The third-order valence-electron chi connectivity index (χ3n) is 2.72. The molecule has 0 fully saturated rings. The zero-order valence-corrected chi connectivity index (χ0v) is 12.2. The Morgan fingerprint density at radius 2 is 2.11 bits per heavy atom. The van der Waals surface area contributed by atoms with Gasteiger partial charge in [-0.05, 0) is 27.2 Å². The second kappa shape index (κ2) is 7.54. The third kappa shape index (κ3) is 6.17. The lowest BCUT2D eigenvalue weighted by molar-refractivity contribution is 0.123. The summed E-state index contributed by atoms with van der Waals surface area (Å²) in [5, 5.41) is 3.47. The molecule has 0 bridgehead atoms. The van der Waals surface area contributed by atoms with Gasteiger partial charge in [0.05, 0.1) is 18.6 Å². The zero-order valence-electron chi connectivity index (χ0n) is 12.2. The fourth-order valence-corrected chi connectivity index (χ4v) is 1.56. The summed E-state index contributed by atoms with van der Waals surface area (Å²) in [7, 11) is 0. The molecular weight excluding hydrogens is 226 g/mol. The van der Waals surface area contributed by atoms with E-state index in [-0.39, 0.29) is 5.54 Å². The summed E-state index contributed by atoms with van der Waals surface area (Å²) >= 11 is 0. The van der Waals surface area contributed by atoms with Crippen LogP contribution in [0.3, 0.4) is 0 Å². The van der Waals surface area contributed by atoms with Crippen molar-refractivity contribution in [3.63, 3.8) is 0 Å². The zero-order chi connectivity index (χ0) is 13.4. The average Bonchev–Trinajstić information content (AvgIpc) is 2.73. The third-order valence-corrected chi connectivity index (χ3v) is 2.72. The normalized spacial score (nSPS) is 12.0. The molecule has 1 heterocycles. The molecule has 1 aromatic rings. The summed E-state index contributed by atoms with van der Waals surface area (Å²) in [5.41, 5.74) is 1.34. The number of hydrogen-bond acceptors (Lipinski definition) is 3. The number of aromatic nitrogens is 2. The summed E-state index contributed by atoms with van der Waals surface area (Å²) in [6.45, 7) is 12.0. The van der Waals surface area contributed by atoms with Gasteiger partial charge in [-0.1, -0.05) is 13.3 Å². The summed E-state index contributed by atoms with van der Waals surface area (Å²) in [6.07, 6.45) is 6.13. The fraction of sp³-hybridized carbons (Fsp3) is 0.786. The molecule has 1 N–H and O–H groups in total. The van der Waals surface area contributed by atoms with E-state index in [1.165, 1.54) is 12.1 Å². The topological polar surface area (TPSA) is 39.1 Å². The minimum Gasteiger partial charge on any atom is -0.380 e. The molecule has 0 aromatic carbocycles. The Morgan fingerprint density at radius 3 is 2.78 bits per heavy atom. The molecule has 4 nitrogen and oxygen atoms in total. The standard InChI is InChI=1S/C14H27N3O/c1-5-6-8-18-9-7-17-12-15-10-13(17)11-16-14(2,3)4/h10,12,16H,5-9,11H2,1-4H3. The van der Waals surface area contributed by atoms with E-state index in [4.69, 9.17) is 4.74 Å². The van der Waals surface area contributed by atoms with Crippen LogP contribution in [0.5, 0.6) is 0 Å². The minimum atomic E-state index is 0.132. The lowest BCUT2D eigenvalue weighted by atomic mass is 10.1. The first kappa shape index (κ1) is 15.2. The molecule has 0 aliphatic heterocycles. The van der Waals surface area contributed by atoms with Gasteiger partial charge in [-0.15, -0.1) is 0 Å². The predicted molar refractivity (Wildman–Crippen MR) is 74.5 cm³/mol. The second-order valence-corrected chi connectivity index (χ2v) is 5.65.